The Labute approximate surface area is 155 Å². The maximum atomic E-state index is 12.1. The lowest BCUT2D eigenvalue weighted by Gasteiger charge is -2.12. The molecule has 0 aliphatic carbocycles. The molecular weight excluding hydrogens is 356 g/mol. The van der Waals surface area contributed by atoms with Gasteiger partial charge in [0.05, 0.1) is 24.4 Å². The summed E-state index contributed by atoms with van der Waals surface area (Å²) in [6, 6.07) is 9.03. The smallest absolute Gasteiger partial charge is 0.336 e. The van der Waals surface area contributed by atoms with Crippen molar-refractivity contribution in [3.63, 3.8) is 0 Å². The topological polar surface area (TPSA) is 137 Å². The maximum absolute atomic E-state index is 12.1. The van der Waals surface area contributed by atoms with E-state index in [9.17, 15) is 19.8 Å². The van der Waals surface area contributed by atoms with Crippen LogP contribution in [0.25, 0.3) is 0 Å². The highest BCUT2D eigenvalue weighted by Gasteiger charge is 2.16. The standard InChI is InChI=1S/C18H20N2O7/c1-11-2-5-15(16(6-11)18(23)24)17(22)19-10-20-26-8-12-3-4-14(21)7-13(12)9-27-25/h2-7,20-21,25H,8-10H2,1H3,(H,19,22)(H,23,24). The van der Waals surface area contributed by atoms with E-state index in [1.54, 1.807) is 19.1 Å². The molecule has 2 aromatic rings. The largest absolute Gasteiger partial charge is 0.508 e. The first-order valence-electron chi connectivity index (χ1n) is 7.96. The van der Waals surface area contributed by atoms with Crippen molar-refractivity contribution in [2.24, 2.45) is 0 Å². The molecule has 0 unspecified atom stereocenters. The monoisotopic (exact) mass is 376 g/mol. The summed E-state index contributed by atoms with van der Waals surface area (Å²) >= 11 is 0. The molecule has 0 spiro atoms. The number of carboxylic acid groups (broad SMARTS) is 1. The zero-order valence-electron chi connectivity index (χ0n) is 14.6. The average molecular weight is 376 g/mol. The van der Waals surface area contributed by atoms with Crippen LogP contribution in [0.15, 0.2) is 36.4 Å². The summed E-state index contributed by atoms with van der Waals surface area (Å²) < 4.78 is 0. The van der Waals surface area contributed by atoms with E-state index in [-0.39, 0.29) is 36.8 Å². The first-order chi connectivity index (χ1) is 12.9. The van der Waals surface area contributed by atoms with Gasteiger partial charge in [-0.15, -0.1) is 0 Å². The molecule has 2 rings (SSSR count). The summed E-state index contributed by atoms with van der Waals surface area (Å²) in [6.45, 7) is 1.65. The first-order valence-corrected chi connectivity index (χ1v) is 7.96. The number of phenols is 1. The Bertz CT molecular complexity index is 823. The van der Waals surface area contributed by atoms with Gasteiger partial charge in [0.2, 0.25) is 0 Å². The molecule has 0 aliphatic rings. The van der Waals surface area contributed by atoms with Crippen LogP contribution < -0.4 is 10.8 Å². The summed E-state index contributed by atoms with van der Waals surface area (Å²) in [5.41, 5.74) is 4.44. The molecule has 0 bridgehead atoms. The molecule has 0 saturated carbocycles. The zero-order valence-corrected chi connectivity index (χ0v) is 14.6. The van der Waals surface area contributed by atoms with Crippen LogP contribution in [0.5, 0.6) is 5.75 Å². The van der Waals surface area contributed by atoms with E-state index in [2.05, 4.69) is 15.7 Å². The van der Waals surface area contributed by atoms with Gasteiger partial charge in [-0.3, -0.25) is 14.9 Å². The molecule has 144 valence electrons. The maximum Gasteiger partial charge on any atom is 0.336 e. The summed E-state index contributed by atoms with van der Waals surface area (Å²) in [7, 11) is 0. The van der Waals surface area contributed by atoms with Crippen molar-refractivity contribution in [1.82, 2.24) is 10.8 Å². The number of carboxylic acids is 1. The van der Waals surface area contributed by atoms with Gasteiger partial charge in [-0.05, 0) is 42.3 Å². The van der Waals surface area contributed by atoms with E-state index in [0.717, 1.165) is 5.56 Å². The number of phenolic OH excluding ortho intramolecular Hbond substituents is 1. The Hall–Kier alpha value is -2.98. The first kappa shape index (κ1) is 20.3. The normalized spacial score (nSPS) is 10.6. The van der Waals surface area contributed by atoms with Crippen LogP contribution >= 0.6 is 0 Å². The molecule has 1 amide bonds. The molecule has 0 aromatic heterocycles. The van der Waals surface area contributed by atoms with Crippen LogP contribution in [0.3, 0.4) is 0 Å². The molecule has 5 N–H and O–H groups in total. The Morgan fingerprint density at radius 2 is 1.81 bits per heavy atom. The van der Waals surface area contributed by atoms with E-state index in [1.165, 1.54) is 24.3 Å². The highest BCUT2D eigenvalue weighted by molar-refractivity contribution is 6.04. The van der Waals surface area contributed by atoms with Gasteiger partial charge in [-0.25, -0.2) is 9.68 Å². The van der Waals surface area contributed by atoms with Crippen LogP contribution in [-0.4, -0.2) is 34.0 Å². The minimum atomic E-state index is -1.18. The Balaban J connectivity index is 1.86. The van der Waals surface area contributed by atoms with Crippen LogP contribution in [0, 0.1) is 6.92 Å². The fraction of sp³-hybridized carbons (Fsp3) is 0.222. The highest BCUT2D eigenvalue weighted by atomic mass is 17.1. The molecule has 27 heavy (non-hydrogen) atoms. The number of nitrogens with one attached hydrogen (secondary N) is 2. The van der Waals surface area contributed by atoms with Gasteiger partial charge in [-0.1, -0.05) is 17.7 Å². The Morgan fingerprint density at radius 1 is 1.04 bits per heavy atom. The molecule has 0 atom stereocenters. The predicted octanol–water partition coefficient (Wildman–Crippen LogP) is 1.80. The number of hydroxylamine groups is 1. The molecule has 0 aliphatic heterocycles. The minimum Gasteiger partial charge on any atom is -0.508 e. The number of amides is 1. The van der Waals surface area contributed by atoms with Gasteiger partial charge in [-0.2, -0.15) is 5.48 Å². The van der Waals surface area contributed by atoms with Gasteiger partial charge in [0.15, 0.2) is 0 Å². The third-order valence-corrected chi connectivity index (χ3v) is 3.71. The van der Waals surface area contributed by atoms with Crippen LogP contribution in [0.1, 0.15) is 37.4 Å². The fourth-order valence-corrected chi connectivity index (χ4v) is 2.38. The lowest BCUT2D eigenvalue weighted by Crippen LogP contribution is -2.34. The second-order valence-electron chi connectivity index (χ2n) is 5.70. The molecular formula is C18H20N2O7. The number of aromatic hydroxyl groups is 1. The van der Waals surface area contributed by atoms with E-state index in [4.69, 9.17) is 10.1 Å². The van der Waals surface area contributed by atoms with E-state index >= 15 is 0 Å². The van der Waals surface area contributed by atoms with Crippen molar-refractivity contribution in [3.05, 3.63) is 64.2 Å². The number of aromatic carboxylic acids is 1. The summed E-state index contributed by atoms with van der Waals surface area (Å²) in [5, 5.41) is 29.7. The molecule has 0 fully saturated rings. The quantitative estimate of drug-likeness (QED) is 0.193. The molecule has 9 nitrogen and oxygen atoms in total. The zero-order chi connectivity index (χ0) is 19.8. The SMILES string of the molecule is Cc1ccc(C(=O)NCNOCc2ccc(O)cc2COO)c(C(=O)O)c1. The second-order valence-corrected chi connectivity index (χ2v) is 5.70. The van der Waals surface area contributed by atoms with Crippen molar-refractivity contribution in [3.8, 4) is 5.75 Å². The van der Waals surface area contributed by atoms with Crippen molar-refractivity contribution in [1.29, 1.82) is 0 Å². The number of hydrogen-bond donors (Lipinski definition) is 5. The van der Waals surface area contributed by atoms with Gasteiger partial charge < -0.3 is 15.5 Å². The number of hydrogen-bond acceptors (Lipinski definition) is 7. The number of benzene rings is 2. The van der Waals surface area contributed by atoms with E-state index in [0.29, 0.717) is 11.1 Å². The number of rotatable bonds is 9. The second kappa shape index (κ2) is 9.64. The lowest BCUT2D eigenvalue weighted by molar-refractivity contribution is -0.253. The number of aryl methyl sites for hydroxylation is 1. The molecule has 9 heteroatoms. The average Bonchev–Trinajstić information content (AvgIpc) is 2.63. The third-order valence-electron chi connectivity index (χ3n) is 3.71. The minimum absolute atomic E-state index is 0.0263. The number of carbonyl (C=O) groups excluding carboxylic acids is 1. The molecule has 2 aromatic carbocycles. The van der Waals surface area contributed by atoms with E-state index < -0.39 is 11.9 Å². The van der Waals surface area contributed by atoms with E-state index in [1.807, 2.05) is 0 Å². The van der Waals surface area contributed by atoms with Gasteiger partial charge >= 0.3 is 5.97 Å². The van der Waals surface area contributed by atoms with Crippen molar-refractivity contribution in [2.45, 2.75) is 20.1 Å². The summed E-state index contributed by atoms with van der Waals surface area (Å²) in [6.07, 6.45) is 0. The Morgan fingerprint density at radius 3 is 2.52 bits per heavy atom. The fourth-order valence-electron chi connectivity index (χ4n) is 2.38. The third kappa shape index (κ3) is 5.76. The summed E-state index contributed by atoms with van der Waals surface area (Å²) in [4.78, 5) is 32.7. The van der Waals surface area contributed by atoms with Crippen molar-refractivity contribution in [2.75, 3.05) is 6.67 Å². The highest BCUT2D eigenvalue weighted by Crippen LogP contribution is 2.18. The lowest BCUT2D eigenvalue weighted by atomic mass is 10.0. The van der Waals surface area contributed by atoms with Gasteiger partial charge in [0.25, 0.3) is 5.91 Å². The van der Waals surface area contributed by atoms with Crippen LogP contribution in [-0.2, 0) is 22.9 Å². The van der Waals surface area contributed by atoms with Gasteiger partial charge in [0.1, 0.15) is 12.4 Å². The molecule has 0 saturated heterocycles. The summed E-state index contributed by atoms with van der Waals surface area (Å²) in [5.74, 6) is -1.71. The van der Waals surface area contributed by atoms with Crippen molar-refractivity contribution < 1.29 is 34.8 Å². The Kier molecular flexibility index (Phi) is 7.26. The molecule has 0 heterocycles. The van der Waals surface area contributed by atoms with Gasteiger partial charge in [0, 0.05) is 0 Å². The van der Waals surface area contributed by atoms with Crippen LogP contribution in [0.4, 0.5) is 0 Å². The van der Waals surface area contributed by atoms with Crippen molar-refractivity contribution >= 4 is 11.9 Å². The predicted molar refractivity (Wildman–Crippen MR) is 93.9 cm³/mol. The van der Waals surface area contributed by atoms with Crippen LogP contribution in [0.2, 0.25) is 0 Å². The number of carbonyl (C=O) groups is 2. The molecule has 0 radical (unpaired) electrons.